The number of aliphatic carboxylic acids is 1. The molecule has 0 bridgehead atoms. The molecular formula is C15H28NO2. The van der Waals surface area contributed by atoms with Crippen molar-refractivity contribution in [2.24, 2.45) is 11.8 Å². The molecule has 0 spiro atoms. The van der Waals surface area contributed by atoms with Crippen LogP contribution in [0.25, 0.3) is 0 Å². The van der Waals surface area contributed by atoms with E-state index in [1.165, 1.54) is 38.5 Å². The molecule has 1 aliphatic carbocycles. The van der Waals surface area contributed by atoms with E-state index < -0.39 is 5.97 Å². The van der Waals surface area contributed by atoms with Crippen LogP contribution in [0, 0.1) is 18.3 Å². The lowest BCUT2D eigenvalue weighted by molar-refractivity contribution is -0.142. The molecule has 1 saturated carbocycles. The molecule has 2 fully saturated rings. The maximum Gasteiger partial charge on any atom is 0.306 e. The van der Waals surface area contributed by atoms with Crippen LogP contribution in [0.15, 0.2) is 0 Å². The molecule has 1 unspecified atom stereocenters. The average Bonchev–Trinajstić information content (AvgIpc) is 2.42. The van der Waals surface area contributed by atoms with Gasteiger partial charge in [-0.15, -0.1) is 0 Å². The van der Waals surface area contributed by atoms with E-state index in [9.17, 15) is 4.79 Å². The van der Waals surface area contributed by atoms with Gasteiger partial charge in [-0.3, -0.25) is 4.79 Å². The van der Waals surface area contributed by atoms with Crippen LogP contribution in [0.5, 0.6) is 0 Å². The van der Waals surface area contributed by atoms with Crippen molar-refractivity contribution >= 4 is 5.97 Å². The molecule has 0 amide bonds. The topological polar surface area (TPSA) is 49.3 Å². The summed E-state index contributed by atoms with van der Waals surface area (Å²) in [5, 5.41) is 11.6. The van der Waals surface area contributed by atoms with E-state index in [1.807, 2.05) is 0 Å². The molecule has 1 atom stereocenters. The number of carboxylic acid groups (broad SMARTS) is 1. The second-order valence-corrected chi connectivity index (χ2v) is 5.47. The van der Waals surface area contributed by atoms with Gasteiger partial charge in [0.05, 0.1) is 5.92 Å². The van der Waals surface area contributed by atoms with Gasteiger partial charge in [0.15, 0.2) is 0 Å². The fourth-order valence-electron chi connectivity index (χ4n) is 2.76. The Hall–Kier alpha value is -0.570. The van der Waals surface area contributed by atoms with E-state index >= 15 is 0 Å². The van der Waals surface area contributed by atoms with Gasteiger partial charge < -0.3 is 10.4 Å². The van der Waals surface area contributed by atoms with Gasteiger partial charge in [0.1, 0.15) is 0 Å². The number of carbonyl (C=O) groups is 1. The van der Waals surface area contributed by atoms with Crippen molar-refractivity contribution in [1.82, 2.24) is 5.32 Å². The third-order valence-corrected chi connectivity index (χ3v) is 3.91. The largest absolute Gasteiger partial charge is 0.481 e. The Morgan fingerprint density at radius 2 is 2.06 bits per heavy atom. The van der Waals surface area contributed by atoms with Crippen molar-refractivity contribution in [3.8, 4) is 0 Å². The molecule has 2 rings (SSSR count). The standard InChI is InChI=1S/C9H17.C6H11NO2/c1-2-6-9-7-4-3-5-8-9;8-6(9)5-1-3-7-4-2-5/h4,9H,2-3,5-8H2,1H3;5,7H,1-4H2,(H,8,9). The highest BCUT2D eigenvalue weighted by molar-refractivity contribution is 5.70. The van der Waals surface area contributed by atoms with Crippen molar-refractivity contribution in [1.29, 1.82) is 0 Å². The fraction of sp³-hybridized carbons (Fsp3) is 0.867. The first-order valence-corrected chi connectivity index (χ1v) is 7.49. The molecule has 3 heteroatoms. The van der Waals surface area contributed by atoms with Gasteiger partial charge in [-0.1, -0.05) is 39.0 Å². The van der Waals surface area contributed by atoms with Crippen LogP contribution in [-0.2, 0) is 4.79 Å². The number of carboxylic acids is 1. The molecule has 1 aliphatic heterocycles. The number of nitrogens with one attached hydrogen (secondary N) is 1. The van der Waals surface area contributed by atoms with Crippen molar-refractivity contribution in [2.75, 3.05) is 13.1 Å². The number of hydrogen-bond donors (Lipinski definition) is 2. The van der Waals surface area contributed by atoms with E-state index in [2.05, 4.69) is 18.7 Å². The van der Waals surface area contributed by atoms with Gasteiger partial charge in [-0.2, -0.15) is 0 Å². The summed E-state index contributed by atoms with van der Waals surface area (Å²) in [6.45, 7) is 4.00. The highest BCUT2D eigenvalue weighted by atomic mass is 16.4. The summed E-state index contributed by atoms with van der Waals surface area (Å²) in [4.78, 5) is 10.3. The molecule has 0 aromatic heterocycles. The molecule has 18 heavy (non-hydrogen) atoms. The lowest BCUT2D eigenvalue weighted by Crippen LogP contribution is -2.31. The Morgan fingerprint density at radius 3 is 2.50 bits per heavy atom. The Balaban J connectivity index is 0.000000180. The highest BCUT2D eigenvalue weighted by Crippen LogP contribution is 2.26. The summed E-state index contributed by atoms with van der Waals surface area (Å²) < 4.78 is 0. The lowest BCUT2D eigenvalue weighted by Gasteiger charge is -2.19. The van der Waals surface area contributed by atoms with Crippen molar-refractivity contribution in [3.05, 3.63) is 6.42 Å². The highest BCUT2D eigenvalue weighted by Gasteiger charge is 2.19. The maximum absolute atomic E-state index is 10.3. The Kier molecular flexibility index (Phi) is 8.06. The zero-order valence-corrected chi connectivity index (χ0v) is 11.7. The van der Waals surface area contributed by atoms with Crippen LogP contribution in [-0.4, -0.2) is 24.2 Å². The van der Waals surface area contributed by atoms with E-state index in [-0.39, 0.29) is 5.92 Å². The van der Waals surface area contributed by atoms with Gasteiger partial charge >= 0.3 is 5.97 Å². The van der Waals surface area contributed by atoms with Gasteiger partial charge in [0.25, 0.3) is 0 Å². The first kappa shape index (κ1) is 15.5. The Bertz CT molecular complexity index is 216. The fourth-order valence-corrected chi connectivity index (χ4v) is 2.76. The van der Waals surface area contributed by atoms with Gasteiger partial charge in [-0.25, -0.2) is 0 Å². The summed E-state index contributed by atoms with van der Waals surface area (Å²) in [5.41, 5.74) is 0. The first-order chi connectivity index (χ1) is 8.74. The molecule has 0 aromatic carbocycles. The molecule has 2 aliphatic rings. The predicted molar refractivity (Wildman–Crippen MR) is 74.4 cm³/mol. The second kappa shape index (κ2) is 9.37. The number of piperidine rings is 1. The Labute approximate surface area is 111 Å². The summed E-state index contributed by atoms with van der Waals surface area (Å²) in [6.07, 6.45) is 12.6. The predicted octanol–water partition coefficient (Wildman–Crippen LogP) is 3.25. The van der Waals surface area contributed by atoms with E-state index in [0.29, 0.717) is 0 Å². The summed E-state index contributed by atoms with van der Waals surface area (Å²) in [7, 11) is 0. The molecule has 1 radical (unpaired) electrons. The summed E-state index contributed by atoms with van der Waals surface area (Å²) >= 11 is 0. The zero-order chi connectivity index (χ0) is 13.2. The van der Waals surface area contributed by atoms with Crippen LogP contribution >= 0.6 is 0 Å². The zero-order valence-electron chi connectivity index (χ0n) is 11.7. The van der Waals surface area contributed by atoms with Gasteiger partial charge in [0, 0.05) is 0 Å². The van der Waals surface area contributed by atoms with Crippen molar-refractivity contribution < 1.29 is 9.90 Å². The third kappa shape index (κ3) is 6.39. The van der Waals surface area contributed by atoms with Crippen LogP contribution < -0.4 is 5.32 Å². The van der Waals surface area contributed by atoms with Crippen molar-refractivity contribution in [2.45, 2.75) is 58.3 Å². The summed E-state index contributed by atoms with van der Waals surface area (Å²) in [5.74, 6) is 0.312. The molecule has 105 valence electrons. The summed E-state index contributed by atoms with van der Waals surface area (Å²) in [6, 6.07) is 0. The minimum absolute atomic E-state index is 0.0914. The van der Waals surface area contributed by atoms with Gasteiger partial charge in [-0.05, 0) is 44.7 Å². The molecular weight excluding hydrogens is 226 g/mol. The average molecular weight is 254 g/mol. The van der Waals surface area contributed by atoms with Crippen LogP contribution in [0.3, 0.4) is 0 Å². The SMILES string of the molecule is CCCC1C[CH]CCC1.O=C(O)C1CCNCC1. The quantitative estimate of drug-likeness (QED) is 0.813. The van der Waals surface area contributed by atoms with E-state index in [0.717, 1.165) is 31.8 Å². The molecule has 2 N–H and O–H groups in total. The normalized spacial score (nSPS) is 22.1. The van der Waals surface area contributed by atoms with Crippen LogP contribution in [0.1, 0.15) is 58.3 Å². The van der Waals surface area contributed by atoms with Gasteiger partial charge in [0.2, 0.25) is 0 Å². The van der Waals surface area contributed by atoms with E-state index in [1.54, 1.807) is 0 Å². The first-order valence-electron chi connectivity index (χ1n) is 7.49. The van der Waals surface area contributed by atoms with Crippen LogP contribution in [0.2, 0.25) is 0 Å². The minimum Gasteiger partial charge on any atom is -0.481 e. The minimum atomic E-state index is -0.642. The maximum atomic E-state index is 10.3. The Morgan fingerprint density at radius 1 is 1.33 bits per heavy atom. The molecule has 1 heterocycles. The van der Waals surface area contributed by atoms with Crippen molar-refractivity contribution in [3.63, 3.8) is 0 Å². The molecule has 0 aromatic rings. The smallest absolute Gasteiger partial charge is 0.306 e. The van der Waals surface area contributed by atoms with E-state index in [4.69, 9.17) is 5.11 Å². The lowest BCUT2D eigenvalue weighted by atomic mass is 9.86. The number of rotatable bonds is 3. The molecule has 3 nitrogen and oxygen atoms in total. The number of hydrogen-bond acceptors (Lipinski definition) is 2. The van der Waals surface area contributed by atoms with Crippen LogP contribution in [0.4, 0.5) is 0 Å². The second-order valence-electron chi connectivity index (χ2n) is 5.47. The third-order valence-electron chi connectivity index (χ3n) is 3.91. The molecule has 1 saturated heterocycles. The monoisotopic (exact) mass is 254 g/mol.